The van der Waals surface area contributed by atoms with E-state index in [-0.39, 0.29) is 12.0 Å². The third-order valence-corrected chi connectivity index (χ3v) is 6.28. The van der Waals surface area contributed by atoms with Crippen LogP contribution in [0.4, 0.5) is 0 Å². The van der Waals surface area contributed by atoms with E-state index < -0.39 is 18.5 Å². The van der Waals surface area contributed by atoms with Crippen molar-refractivity contribution in [2.75, 3.05) is 20.3 Å². The summed E-state index contributed by atoms with van der Waals surface area (Å²) < 4.78 is 15.1. The summed E-state index contributed by atoms with van der Waals surface area (Å²) in [4.78, 5) is 23.7. The molecule has 5 nitrogen and oxygen atoms in total. The van der Waals surface area contributed by atoms with Crippen molar-refractivity contribution in [1.82, 2.24) is 0 Å². The predicted molar refractivity (Wildman–Crippen MR) is 150 cm³/mol. The maximum absolute atomic E-state index is 11.8. The number of esters is 2. The van der Waals surface area contributed by atoms with Gasteiger partial charge in [0.1, 0.15) is 12.4 Å². The largest absolute Gasteiger partial charge is 0.497 e. The fourth-order valence-electron chi connectivity index (χ4n) is 4.07. The van der Waals surface area contributed by atoms with Gasteiger partial charge in [-0.25, -0.2) is 9.59 Å². The molecule has 1 aliphatic carbocycles. The second-order valence-electron chi connectivity index (χ2n) is 9.88. The van der Waals surface area contributed by atoms with E-state index in [4.69, 9.17) is 14.2 Å². The molecule has 0 N–H and O–H groups in total. The van der Waals surface area contributed by atoms with Crippen LogP contribution in [0.1, 0.15) is 59.4 Å². The van der Waals surface area contributed by atoms with Gasteiger partial charge in [0, 0.05) is 6.08 Å². The van der Waals surface area contributed by atoms with Gasteiger partial charge in [0.05, 0.1) is 7.11 Å². The molecule has 0 unspecified atom stereocenters. The van der Waals surface area contributed by atoms with Crippen LogP contribution < -0.4 is 4.74 Å². The third-order valence-electron chi connectivity index (χ3n) is 6.28. The van der Waals surface area contributed by atoms with Crippen LogP contribution in [0.15, 0.2) is 89.1 Å². The molecule has 1 aromatic rings. The van der Waals surface area contributed by atoms with Gasteiger partial charge in [-0.05, 0) is 80.9 Å². The Balaban J connectivity index is 1.73. The molecular weight excluding hydrogens is 464 g/mol. The van der Waals surface area contributed by atoms with E-state index in [0.717, 1.165) is 16.9 Å². The minimum atomic E-state index is -0.614. The number of benzene rings is 1. The first-order valence-corrected chi connectivity index (χ1v) is 12.7. The fourth-order valence-corrected chi connectivity index (χ4v) is 4.07. The number of carbonyl (C=O) groups is 2. The molecule has 0 radical (unpaired) electrons. The molecule has 2 rings (SSSR count). The second kappa shape index (κ2) is 14.8. The molecule has 37 heavy (non-hydrogen) atoms. The smallest absolute Gasteiger partial charge is 0.344 e. The highest BCUT2D eigenvalue weighted by atomic mass is 16.6. The Hall–Kier alpha value is -3.60. The van der Waals surface area contributed by atoms with E-state index in [1.54, 1.807) is 31.4 Å². The first-order valence-electron chi connectivity index (χ1n) is 12.7. The average molecular weight is 505 g/mol. The van der Waals surface area contributed by atoms with Crippen molar-refractivity contribution in [3.05, 3.63) is 94.7 Å². The maximum atomic E-state index is 11.8. The van der Waals surface area contributed by atoms with E-state index in [0.29, 0.717) is 0 Å². The minimum absolute atomic E-state index is 0.110. The van der Waals surface area contributed by atoms with Gasteiger partial charge in [0.15, 0.2) is 6.61 Å². The topological polar surface area (TPSA) is 61.8 Å². The number of methoxy groups -OCH3 is 1. The second-order valence-corrected chi connectivity index (χ2v) is 9.88. The van der Waals surface area contributed by atoms with E-state index in [1.807, 2.05) is 31.2 Å². The number of allylic oxidation sites excluding steroid dienone is 9. The predicted octanol–water partition coefficient (Wildman–Crippen LogP) is 7.33. The SMILES string of the molecule is COc1ccc(/C=C/C(=O)OCC(=O)OC\C=C(C)/C=C/C=C(C)\C=C\C2=C(C)CCCC2(C)C)cc1. The first kappa shape index (κ1) is 29.6. The normalized spacial score (nSPS) is 16.6. The lowest BCUT2D eigenvalue weighted by atomic mass is 9.72. The maximum Gasteiger partial charge on any atom is 0.344 e. The highest BCUT2D eigenvalue weighted by molar-refractivity contribution is 5.88. The van der Waals surface area contributed by atoms with Gasteiger partial charge in [-0.1, -0.05) is 73.1 Å². The summed E-state index contributed by atoms with van der Waals surface area (Å²) in [5, 5.41) is 0. The molecule has 198 valence electrons. The summed E-state index contributed by atoms with van der Waals surface area (Å²) in [6.07, 6.45) is 18.8. The van der Waals surface area contributed by atoms with Crippen LogP contribution in [0.5, 0.6) is 5.75 Å². The summed E-state index contributed by atoms with van der Waals surface area (Å²) in [5.74, 6) is -0.486. The van der Waals surface area contributed by atoms with Crippen molar-refractivity contribution in [2.24, 2.45) is 5.41 Å². The Kier molecular flexibility index (Phi) is 11.9. The van der Waals surface area contributed by atoms with Crippen LogP contribution in [-0.2, 0) is 19.1 Å². The zero-order valence-electron chi connectivity index (χ0n) is 23.0. The Labute approximate surface area is 221 Å². The number of carbonyl (C=O) groups excluding carboxylic acids is 2. The highest BCUT2D eigenvalue weighted by Gasteiger charge is 2.26. The van der Waals surface area contributed by atoms with Crippen LogP contribution in [0.3, 0.4) is 0 Å². The summed E-state index contributed by atoms with van der Waals surface area (Å²) in [7, 11) is 1.59. The number of hydrogen-bond donors (Lipinski definition) is 0. The Morgan fingerprint density at radius 3 is 2.38 bits per heavy atom. The van der Waals surface area contributed by atoms with Gasteiger partial charge >= 0.3 is 11.9 Å². The molecule has 5 heteroatoms. The number of rotatable bonds is 11. The van der Waals surface area contributed by atoms with Crippen molar-refractivity contribution in [1.29, 1.82) is 0 Å². The van der Waals surface area contributed by atoms with Crippen LogP contribution in [0.2, 0.25) is 0 Å². The summed E-state index contributed by atoms with van der Waals surface area (Å²) in [6, 6.07) is 7.20. The van der Waals surface area contributed by atoms with Crippen molar-refractivity contribution in [3.8, 4) is 5.75 Å². The molecule has 0 bridgehead atoms. The molecule has 1 aliphatic rings. The lowest BCUT2D eigenvalue weighted by Crippen LogP contribution is -2.19. The number of ether oxygens (including phenoxy) is 3. The minimum Gasteiger partial charge on any atom is -0.497 e. The fraction of sp³-hybridized carbons (Fsp3) is 0.375. The molecule has 0 aromatic heterocycles. The van der Waals surface area contributed by atoms with Gasteiger partial charge in [-0.3, -0.25) is 0 Å². The Morgan fingerprint density at radius 1 is 0.973 bits per heavy atom. The summed E-state index contributed by atoms with van der Waals surface area (Å²) in [6.45, 7) is 10.6. The van der Waals surface area contributed by atoms with E-state index in [9.17, 15) is 9.59 Å². The molecule has 1 aromatic carbocycles. The van der Waals surface area contributed by atoms with Gasteiger partial charge in [-0.15, -0.1) is 0 Å². The van der Waals surface area contributed by atoms with Crippen molar-refractivity contribution in [2.45, 2.75) is 53.9 Å². The lowest BCUT2D eigenvalue weighted by molar-refractivity contribution is -0.155. The van der Waals surface area contributed by atoms with Crippen LogP contribution in [-0.4, -0.2) is 32.3 Å². The molecule has 0 saturated heterocycles. The van der Waals surface area contributed by atoms with Crippen LogP contribution in [0, 0.1) is 5.41 Å². The number of hydrogen-bond acceptors (Lipinski definition) is 5. The molecule has 0 spiro atoms. The van der Waals surface area contributed by atoms with Crippen LogP contribution >= 0.6 is 0 Å². The summed E-state index contributed by atoms with van der Waals surface area (Å²) >= 11 is 0. The zero-order valence-corrected chi connectivity index (χ0v) is 23.0. The van der Waals surface area contributed by atoms with Crippen molar-refractivity contribution >= 4 is 18.0 Å². The Bertz CT molecular complexity index is 1110. The Morgan fingerprint density at radius 2 is 1.70 bits per heavy atom. The van der Waals surface area contributed by atoms with E-state index in [2.05, 4.69) is 45.9 Å². The average Bonchev–Trinajstić information content (AvgIpc) is 2.85. The van der Waals surface area contributed by atoms with Gasteiger partial charge < -0.3 is 14.2 Å². The monoisotopic (exact) mass is 504 g/mol. The molecule has 0 saturated carbocycles. The van der Waals surface area contributed by atoms with E-state index >= 15 is 0 Å². The van der Waals surface area contributed by atoms with Crippen molar-refractivity contribution < 1.29 is 23.8 Å². The molecule has 0 fully saturated rings. The molecule has 0 aliphatic heterocycles. The zero-order chi connectivity index (χ0) is 27.3. The van der Waals surface area contributed by atoms with Gasteiger partial charge in [0.25, 0.3) is 0 Å². The highest BCUT2D eigenvalue weighted by Crippen LogP contribution is 2.40. The molecular formula is C32H40O5. The lowest BCUT2D eigenvalue weighted by Gasteiger charge is -2.32. The van der Waals surface area contributed by atoms with E-state index in [1.165, 1.54) is 42.1 Å². The summed E-state index contributed by atoms with van der Waals surface area (Å²) in [5.41, 5.74) is 6.12. The van der Waals surface area contributed by atoms with Crippen LogP contribution in [0.25, 0.3) is 6.08 Å². The first-order chi connectivity index (χ1) is 17.6. The molecule has 0 amide bonds. The standard InChI is InChI=1S/C32H40O5/c1-24(12-18-29-26(3)11-8-21-32(29,4)5)9-7-10-25(2)20-22-36-31(34)23-37-30(33)19-15-27-13-16-28(35-6)17-14-27/h7,9-10,12-20H,8,11,21-23H2,1-6H3/b10-7+,18-12+,19-15+,24-9-,25-20-. The van der Waals surface area contributed by atoms with Crippen molar-refractivity contribution in [3.63, 3.8) is 0 Å². The molecule has 0 atom stereocenters. The molecule has 0 heterocycles. The van der Waals surface area contributed by atoms with Gasteiger partial charge in [-0.2, -0.15) is 0 Å². The quantitative estimate of drug-likeness (QED) is 0.179. The third kappa shape index (κ3) is 10.9. The van der Waals surface area contributed by atoms with Gasteiger partial charge in [0.2, 0.25) is 0 Å².